The van der Waals surface area contributed by atoms with Gasteiger partial charge < -0.3 is 5.73 Å². The molecular weight excluding hydrogens is 261 g/mol. The first-order valence-corrected chi connectivity index (χ1v) is 5.35. The standard InChI is InChI=1S/C11H14BrN.ClH/c1-11(2)6-10(13)8-5-7(12)3-4-9(8)11;/h3-5,10H,6,13H2,1-2H3;1H. The van der Waals surface area contributed by atoms with E-state index in [1.54, 1.807) is 0 Å². The molecule has 1 nitrogen and oxygen atoms in total. The summed E-state index contributed by atoms with van der Waals surface area (Å²) in [6, 6.07) is 6.64. The van der Waals surface area contributed by atoms with Gasteiger partial charge >= 0.3 is 0 Å². The normalized spacial score (nSPS) is 22.7. The van der Waals surface area contributed by atoms with E-state index in [1.807, 2.05) is 0 Å². The van der Waals surface area contributed by atoms with Gasteiger partial charge in [0.1, 0.15) is 0 Å². The summed E-state index contributed by atoms with van der Waals surface area (Å²) in [4.78, 5) is 0. The first-order chi connectivity index (χ1) is 6.00. The lowest BCUT2D eigenvalue weighted by Gasteiger charge is -2.18. The third-order valence-corrected chi connectivity index (χ3v) is 3.37. The average molecular weight is 277 g/mol. The summed E-state index contributed by atoms with van der Waals surface area (Å²) in [5.74, 6) is 0. The Labute approximate surface area is 99.6 Å². The average Bonchev–Trinajstić information content (AvgIpc) is 2.22. The molecule has 0 heterocycles. The Kier molecular flexibility index (Phi) is 3.30. The van der Waals surface area contributed by atoms with Gasteiger partial charge in [-0.1, -0.05) is 35.8 Å². The van der Waals surface area contributed by atoms with Crippen LogP contribution in [-0.2, 0) is 5.41 Å². The van der Waals surface area contributed by atoms with E-state index in [4.69, 9.17) is 5.73 Å². The van der Waals surface area contributed by atoms with Crippen molar-refractivity contribution in [1.29, 1.82) is 0 Å². The second kappa shape index (κ2) is 3.84. The number of halogens is 2. The third kappa shape index (κ3) is 1.83. The van der Waals surface area contributed by atoms with Crippen LogP contribution in [0.1, 0.15) is 37.4 Å². The van der Waals surface area contributed by atoms with Crippen molar-refractivity contribution in [2.24, 2.45) is 5.73 Å². The molecule has 14 heavy (non-hydrogen) atoms. The second-order valence-corrected chi connectivity index (χ2v) is 5.34. The Morgan fingerprint density at radius 2 is 2.07 bits per heavy atom. The van der Waals surface area contributed by atoms with Gasteiger partial charge in [-0.15, -0.1) is 12.4 Å². The summed E-state index contributed by atoms with van der Waals surface area (Å²) in [5.41, 5.74) is 9.03. The Hall–Kier alpha value is -0.0500. The number of rotatable bonds is 0. The van der Waals surface area contributed by atoms with E-state index >= 15 is 0 Å². The molecule has 0 saturated carbocycles. The van der Waals surface area contributed by atoms with E-state index in [1.165, 1.54) is 11.1 Å². The number of benzene rings is 1. The molecule has 0 amide bonds. The topological polar surface area (TPSA) is 26.0 Å². The van der Waals surface area contributed by atoms with Crippen LogP contribution in [0.3, 0.4) is 0 Å². The fourth-order valence-corrected chi connectivity index (χ4v) is 2.61. The van der Waals surface area contributed by atoms with Gasteiger partial charge in [-0.3, -0.25) is 0 Å². The Balaban J connectivity index is 0.000000980. The van der Waals surface area contributed by atoms with Crippen LogP contribution in [0.15, 0.2) is 22.7 Å². The maximum Gasteiger partial charge on any atom is 0.0306 e. The van der Waals surface area contributed by atoms with Crippen molar-refractivity contribution in [1.82, 2.24) is 0 Å². The smallest absolute Gasteiger partial charge is 0.0306 e. The highest BCUT2D eigenvalue weighted by molar-refractivity contribution is 9.10. The summed E-state index contributed by atoms with van der Waals surface area (Å²) in [7, 11) is 0. The molecule has 0 radical (unpaired) electrons. The zero-order valence-electron chi connectivity index (χ0n) is 8.38. The van der Waals surface area contributed by atoms with Crippen LogP contribution in [0.2, 0.25) is 0 Å². The molecule has 1 aromatic rings. The highest BCUT2D eigenvalue weighted by Gasteiger charge is 2.34. The van der Waals surface area contributed by atoms with Crippen molar-refractivity contribution in [2.45, 2.75) is 31.7 Å². The fourth-order valence-electron chi connectivity index (χ4n) is 2.23. The first kappa shape index (κ1) is 12.0. The Morgan fingerprint density at radius 1 is 1.43 bits per heavy atom. The number of fused-ring (bicyclic) bond motifs is 1. The maximum absolute atomic E-state index is 6.07. The predicted molar refractivity (Wildman–Crippen MR) is 66.0 cm³/mol. The second-order valence-electron chi connectivity index (χ2n) is 4.43. The van der Waals surface area contributed by atoms with Crippen LogP contribution in [0.25, 0.3) is 0 Å². The van der Waals surface area contributed by atoms with Crippen LogP contribution < -0.4 is 5.73 Å². The zero-order chi connectivity index (χ0) is 9.64. The lowest BCUT2D eigenvalue weighted by atomic mass is 9.86. The monoisotopic (exact) mass is 275 g/mol. The summed E-state index contributed by atoms with van der Waals surface area (Å²) in [5, 5.41) is 0. The quantitative estimate of drug-likeness (QED) is 0.770. The minimum atomic E-state index is 0. The molecule has 0 aromatic heterocycles. The lowest BCUT2D eigenvalue weighted by Crippen LogP contribution is -2.14. The molecule has 1 aliphatic carbocycles. The number of hydrogen-bond acceptors (Lipinski definition) is 1. The molecule has 0 aliphatic heterocycles. The number of hydrogen-bond donors (Lipinski definition) is 1. The van der Waals surface area contributed by atoms with Crippen molar-refractivity contribution in [3.63, 3.8) is 0 Å². The van der Waals surface area contributed by atoms with Crippen molar-refractivity contribution in [2.75, 3.05) is 0 Å². The summed E-state index contributed by atoms with van der Waals surface area (Å²) in [6.07, 6.45) is 1.05. The van der Waals surface area contributed by atoms with Gasteiger partial charge in [-0.2, -0.15) is 0 Å². The minimum Gasteiger partial charge on any atom is -0.324 e. The van der Waals surface area contributed by atoms with Gasteiger partial charge in [0.15, 0.2) is 0 Å². The summed E-state index contributed by atoms with van der Waals surface area (Å²) in [6.45, 7) is 4.51. The molecule has 2 N–H and O–H groups in total. The number of nitrogens with two attached hydrogens (primary N) is 1. The van der Waals surface area contributed by atoms with Crippen molar-refractivity contribution in [3.05, 3.63) is 33.8 Å². The van der Waals surface area contributed by atoms with E-state index in [0.717, 1.165) is 10.9 Å². The minimum absolute atomic E-state index is 0. The summed E-state index contributed by atoms with van der Waals surface area (Å²) < 4.78 is 1.12. The summed E-state index contributed by atoms with van der Waals surface area (Å²) >= 11 is 3.47. The first-order valence-electron chi connectivity index (χ1n) is 4.56. The highest BCUT2D eigenvalue weighted by Crippen LogP contribution is 2.43. The SMILES string of the molecule is CC1(C)CC(N)c2cc(Br)ccc21.Cl. The molecular formula is C11H15BrClN. The Morgan fingerprint density at radius 3 is 2.71 bits per heavy atom. The van der Waals surface area contributed by atoms with Crippen molar-refractivity contribution < 1.29 is 0 Å². The largest absolute Gasteiger partial charge is 0.324 e. The molecule has 0 saturated heterocycles. The molecule has 2 rings (SSSR count). The molecule has 1 aromatic carbocycles. The molecule has 0 spiro atoms. The van der Waals surface area contributed by atoms with Crippen LogP contribution in [0, 0.1) is 0 Å². The van der Waals surface area contributed by atoms with Gasteiger partial charge in [0.25, 0.3) is 0 Å². The highest BCUT2D eigenvalue weighted by atomic mass is 79.9. The third-order valence-electron chi connectivity index (χ3n) is 2.87. The molecule has 1 unspecified atom stereocenters. The molecule has 1 aliphatic rings. The fraction of sp³-hybridized carbons (Fsp3) is 0.455. The van der Waals surface area contributed by atoms with Crippen LogP contribution in [-0.4, -0.2) is 0 Å². The van der Waals surface area contributed by atoms with Crippen LogP contribution in [0.5, 0.6) is 0 Å². The van der Waals surface area contributed by atoms with E-state index in [-0.39, 0.29) is 23.9 Å². The molecule has 1 atom stereocenters. The van der Waals surface area contributed by atoms with E-state index in [9.17, 15) is 0 Å². The van der Waals surface area contributed by atoms with Crippen LogP contribution >= 0.6 is 28.3 Å². The van der Waals surface area contributed by atoms with E-state index in [0.29, 0.717) is 0 Å². The van der Waals surface area contributed by atoms with Gasteiger partial charge in [0.2, 0.25) is 0 Å². The van der Waals surface area contributed by atoms with Crippen molar-refractivity contribution in [3.8, 4) is 0 Å². The zero-order valence-corrected chi connectivity index (χ0v) is 10.8. The van der Waals surface area contributed by atoms with Crippen LogP contribution in [0.4, 0.5) is 0 Å². The maximum atomic E-state index is 6.07. The van der Waals surface area contributed by atoms with Gasteiger partial charge in [-0.25, -0.2) is 0 Å². The van der Waals surface area contributed by atoms with Gasteiger partial charge in [0, 0.05) is 10.5 Å². The van der Waals surface area contributed by atoms with Gasteiger partial charge in [0.05, 0.1) is 0 Å². The van der Waals surface area contributed by atoms with E-state index < -0.39 is 0 Å². The molecule has 3 heteroatoms. The van der Waals surface area contributed by atoms with E-state index in [2.05, 4.69) is 48.0 Å². The molecule has 78 valence electrons. The van der Waals surface area contributed by atoms with Crippen molar-refractivity contribution >= 4 is 28.3 Å². The van der Waals surface area contributed by atoms with Gasteiger partial charge in [-0.05, 0) is 35.1 Å². The molecule has 0 fully saturated rings. The Bertz CT molecular complexity index is 349. The lowest BCUT2D eigenvalue weighted by molar-refractivity contribution is 0.481. The predicted octanol–water partition coefficient (Wildman–Crippen LogP) is 3.55. The molecule has 0 bridgehead atoms.